The lowest BCUT2D eigenvalue weighted by atomic mass is 10.0. The number of ether oxygens (including phenoxy) is 3. The van der Waals surface area contributed by atoms with Crippen molar-refractivity contribution in [2.24, 2.45) is 0 Å². The smallest absolute Gasteiger partial charge is 0.306 e. The molecule has 0 bridgehead atoms. The first-order valence-corrected chi connectivity index (χ1v) is 31.8. The normalized spacial score (nSPS) is 12.4. The Kier molecular flexibility index (Phi) is 59.2. The molecule has 6 heteroatoms. The van der Waals surface area contributed by atoms with E-state index in [1.807, 2.05) is 0 Å². The molecule has 0 aliphatic rings. The van der Waals surface area contributed by atoms with Crippen LogP contribution in [-0.2, 0) is 28.6 Å². The van der Waals surface area contributed by atoms with E-state index >= 15 is 0 Å². The van der Waals surface area contributed by atoms with Crippen LogP contribution in [0.3, 0.4) is 0 Å². The van der Waals surface area contributed by atoms with Gasteiger partial charge in [0.2, 0.25) is 0 Å². The Hall–Kier alpha value is -2.89. The number of carbonyl (C=O) groups excluding carboxylic acids is 3. The van der Waals surface area contributed by atoms with Gasteiger partial charge in [-0.2, -0.15) is 0 Å². The van der Waals surface area contributed by atoms with Crippen molar-refractivity contribution < 1.29 is 28.6 Å². The van der Waals surface area contributed by atoms with E-state index in [9.17, 15) is 14.4 Å². The second-order valence-electron chi connectivity index (χ2n) is 21.3. The summed E-state index contributed by atoms with van der Waals surface area (Å²) < 4.78 is 16.9. The fraction of sp³-hybridized carbons (Fsp3) is 0.806. The van der Waals surface area contributed by atoms with Crippen molar-refractivity contribution in [2.45, 2.75) is 335 Å². The van der Waals surface area contributed by atoms with Gasteiger partial charge >= 0.3 is 17.9 Å². The van der Waals surface area contributed by atoms with Gasteiger partial charge in [-0.05, 0) is 83.5 Å². The molecule has 0 fully saturated rings. The van der Waals surface area contributed by atoms with Gasteiger partial charge in [-0.15, -0.1) is 0 Å². The molecular formula is C67H120O6. The molecule has 424 valence electrons. The molecule has 0 aromatic heterocycles. The van der Waals surface area contributed by atoms with E-state index in [0.717, 1.165) is 96.3 Å². The monoisotopic (exact) mass is 1020 g/mol. The Balaban J connectivity index is 4.35. The first kappa shape index (κ1) is 70.1. The molecule has 0 saturated heterocycles. The lowest BCUT2D eigenvalue weighted by molar-refractivity contribution is -0.167. The highest BCUT2D eigenvalue weighted by atomic mass is 16.6. The average molecular weight is 1020 g/mol. The van der Waals surface area contributed by atoms with Crippen LogP contribution in [0.25, 0.3) is 0 Å². The zero-order chi connectivity index (χ0) is 52.9. The Morgan fingerprint density at radius 2 is 0.534 bits per heavy atom. The Morgan fingerprint density at radius 3 is 0.849 bits per heavy atom. The van der Waals surface area contributed by atoms with E-state index in [2.05, 4.69) is 81.5 Å². The third-order valence-corrected chi connectivity index (χ3v) is 14.0. The molecule has 0 aromatic carbocycles. The molecule has 0 aromatic rings. The first-order chi connectivity index (χ1) is 36.0. The summed E-state index contributed by atoms with van der Waals surface area (Å²) in [5, 5.41) is 0. The van der Waals surface area contributed by atoms with Crippen molar-refractivity contribution in [3.05, 3.63) is 60.8 Å². The van der Waals surface area contributed by atoms with Gasteiger partial charge in [-0.3, -0.25) is 14.4 Å². The number of unbranched alkanes of at least 4 members (excludes halogenated alkanes) is 37. The van der Waals surface area contributed by atoms with E-state index in [0.29, 0.717) is 19.3 Å². The zero-order valence-electron chi connectivity index (χ0n) is 48.7. The second kappa shape index (κ2) is 61.7. The molecule has 73 heavy (non-hydrogen) atoms. The maximum atomic E-state index is 12.9. The largest absolute Gasteiger partial charge is 0.462 e. The van der Waals surface area contributed by atoms with Crippen LogP contribution in [0.5, 0.6) is 0 Å². The van der Waals surface area contributed by atoms with Crippen LogP contribution in [0.1, 0.15) is 329 Å². The Labute approximate surface area is 453 Å². The van der Waals surface area contributed by atoms with E-state index in [-0.39, 0.29) is 31.1 Å². The minimum absolute atomic E-state index is 0.0778. The Bertz CT molecular complexity index is 1310. The number of esters is 3. The number of hydrogen-bond acceptors (Lipinski definition) is 6. The van der Waals surface area contributed by atoms with Crippen LogP contribution in [0.2, 0.25) is 0 Å². The van der Waals surface area contributed by atoms with Crippen LogP contribution in [0.4, 0.5) is 0 Å². The molecule has 0 radical (unpaired) electrons. The standard InChI is InChI=1S/C67H120O6/c1-4-7-10-13-16-19-22-25-28-30-32-33-35-36-39-42-45-48-51-54-57-60-66(69)72-63-64(62-71-65(68)59-56-53-50-47-44-41-38-27-24-21-18-15-12-9-6-3)73-67(70)61-58-55-52-49-46-43-40-37-34-31-29-26-23-20-17-14-11-8-5-2/h7,10,16,19,25,27-28,32-33,38,64H,4-6,8-9,11-15,17-18,20-24,26,29-31,34-37,39-63H2,1-3H3/b10-7-,19-16-,28-25-,33-32-,38-27-. The molecule has 0 aliphatic carbocycles. The zero-order valence-corrected chi connectivity index (χ0v) is 48.7. The maximum absolute atomic E-state index is 12.9. The topological polar surface area (TPSA) is 78.9 Å². The van der Waals surface area contributed by atoms with Gasteiger partial charge in [0.05, 0.1) is 0 Å². The number of carbonyl (C=O) groups is 3. The van der Waals surface area contributed by atoms with Crippen molar-refractivity contribution in [3.63, 3.8) is 0 Å². The number of allylic oxidation sites excluding steroid dienone is 10. The van der Waals surface area contributed by atoms with Gasteiger partial charge in [-0.25, -0.2) is 0 Å². The van der Waals surface area contributed by atoms with Gasteiger partial charge in [0.1, 0.15) is 13.2 Å². The SMILES string of the molecule is CC/C=C\C/C=C\C/C=C\C/C=C\CCCCCCCCCCC(=O)OCC(COC(=O)CCCCCCC/C=C\CCCCCCCC)OC(=O)CCCCCCCCCCCCCCCCCCCCC. The van der Waals surface area contributed by atoms with Crippen LogP contribution in [0.15, 0.2) is 60.8 Å². The molecule has 1 unspecified atom stereocenters. The molecule has 0 aliphatic heterocycles. The van der Waals surface area contributed by atoms with E-state index in [4.69, 9.17) is 14.2 Å². The van der Waals surface area contributed by atoms with Crippen LogP contribution in [0, 0.1) is 0 Å². The summed E-state index contributed by atoms with van der Waals surface area (Å²) in [6, 6.07) is 0. The van der Waals surface area contributed by atoms with Gasteiger partial charge < -0.3 is 14.2 Å². The fourth-order valence-electron chi connectivity index (χ4n) is 9.25. The quantitative estimate of drug-likeness (QED) is 0.0261. The minimum atomic E-state index is -0.780. The molecular weight excluding hydrogens is 901 g/mol. The van der Waals surface area contributed by atoms with Crippen molar-refractivity contribution >= 4 is 17.9 Å². The molecule has 0 rings (SSSR count). The summed E-state index contributed by atoms with van der Waals surface area (Å²) in [6.45, 7) is 6.56. The van der Waals surface area contributed by atoms with Crippen molar-refractivity contribution in [3.8, 4) is 0 Å². The molecule has 1 atom stereocenters. The third-order valence-electron chi connectivity index (χ3n) is 14.0. The third kappa shape index (κ3) is 59.9. The van der Waals surface area contributed by atoms with Crippen LogP contribution in [-0.4, -0.2) is 37.2 Å². The predicted molar refractivity (Wildman–Crippen MR) is 316 cm³/mol. The van der Waals surface area contributed by atoms with Gasteiger partial charge in [0.25, 0.3) is 0 Å². The number of rotatable bonds is 58. The highest BCUT2D eigenvalue weighted by Crippen LogP contribution is 2.17. The highest BCUT2D eigenvalue weighted by Gasteiger charge is 2.19. The van der Waals surface area contributed by atoms with E-state index in [1.165, 1.54) is 193 Å². The summed E-state index contributed by atoms with van der Waals surface area (Å²) in [6.07, 6.45) is 77.9. The molecule has 0 saturated carbocycles. The van der Waals surface area contributed by atoms with Crippen LogP contribution < -0.4 is 0 Å². The van der Waals surface area contributed by atoms with E-state index < -0.39 is 6.10 Å². The lowest BCUT2D eigenvalue weighted by Crippen LogP contribution is -2.30. The lowest BCUT2D eigenvalue weighted by Gasteiger charge is -2.18. The minimum Gasteiger partial charge on any atom is -0.462 e. The molecule has 0 spiro atoms. The molecule has 0 N–H and O–H groups in total. The van der Waals surface area contributed by atoms with Gasteiger partial charge in [0, 0.05) is 19.3 Å². The van der Waals surface area contributed by atoms with Gasteiger partial charge in [-0.1, -0.05) is 287 Å². The maximum Gasteiger partial charge on any atom is 0.306 e. The summed E-state index contributed by atoms with van der Waals surface area (Å²) in [7, 11) is 0. The van der Waals surface area contributed by atoms with Gasteiger partial charge in [0.15, 0.2) is 6.10 Å². The Morgan fingerprint density at radius 1 is 0.288 bits per heavy atom. The van der Waals surface area contributed by atoms with Crippen molar-refractivity contribution in [1.82, 2.24) is 0 Å². The first-order valence-electron chi connectivity index (χ1n) is 31.8. The average Bonchev–Trinajstić information content (AvgIpc) is 3.39. The summed E-state index contributed by atoms with van der Waals surface area (Å²) in [5.74, 6) is -0.874. The predicted octanol–water partition coefficient (Wildman–Crippen LogP) is 21.6. The summed E-state index contributed by atoms with van der Waals surface area (Å²) in [5.41, 5.74) is 0. The summed E-state index contributed by atoms with van der Waals surface area (Å²) >= 11 is 0. The molecule has 0 amide bonds. The number of hydrogen-bond donors (Lipinski definition) is 0. The van der Waals surface area contributed by atoms with Crippen LogP contribution >= 0.6 is 0 Å². The van der Waals surface area contributed by atoms with Crippen molar-refractivity contribution in [1.29, 1.82) is 0 Å². The van der Waals surface area contributed by atoms with E-state index in [1.54, 1.807) is 0 Å². The molecule has 6 nitrogen and oxygen atoms in total. The fourth-order valence-corrected chi connectivity index (χ4v) is 9.25. The summed E-state index contributed by atoms with van der Waals surface area (Å²) in [4.78, 5) is 38.3. The molecule has 0 heterocycles. The highest BCUT2D eigenvalue weighted by molar-refractivity contribution is 5.71. The second-order valence-corrected chi connectivity index (χ2v) is 21.3. The van der Waals surface area contributed by atoms with Crippen molar-refractivity contribution in [2.75, 3.05) is 13.2 Å².